The van der Waals surface area contributed by atoms with Gasteiger partial charge in [-0.1, -0.05) is 17.7 Å². The molecule has 12 heavy (non-hydrogen) atoms. The van der Waals surface area contributed by atoms with Gasteiger partial charge in [0.15, 0.2) is 0 Å². The quantitative estimate of drug-likeness (QED) is 0.578. The summed E-state index contributed by atoms with van der Waals surface area (Å²) in [6.07, 6.45) is 0. The van der Waals surface area contributed by atoms with E-state index in [0.717, 1.165) is 11.4 Å². The minimum Gasteiger partial charge on any atom is -0.497 e. The smallest absolute Gasteiger partial charge is 0.120 e. The fourth-order valence-corrected chi connectivity index (χ4v) is 1.07. The zero-order valence-corrected chi connectivity index (χ0v) is 7.93. The molecule has 1 rings (SSSR count). The van der Waals surface area contributed by atoms with Gasteiger partial charge in [-0.2, -0.15) is 0 Å². The predicted octanol–water partition coefficient (Wildman–Crippen LogP) is 2.69. The van der Waals surface area contributed by atoms with Crippen LogP contribution in [0.2, 0.25) is 0 Å². The van der Waals surface area contributed by atoms with Gasteiger partial charge in [0.25, 0.3) is 0 Å². The lowest BCUT2D eigenvalue weighted by Crippen LogP contribution is -2.06. The van der Waals surface area contributed by atoms with Crippen molar-refractivity contribution in [2.45, 2.75) is 12.4 Å². The van der Waals surface area contributed by atoms with Gasteiger partial charge in [-0.05, 0) is 19.1 Å². The Morgan fingerprint density at radius 2 is 2.25 bits per heavy atom. The third-order valence-corrected chi connectivity index (χ3v) is 1.54. The number of benzene rings is 1. The number of anilines is 1. The van der Waals surface area contributed by atoms with Crippen LogP contribution in [0.25, 0.3) is 0 Å². The van der Waals surface area contributed by atoms with Crippen LogP contribution in [0.3, 0.4) is 0 Å². The monoisotopic (exact) mass is 185 g/mol. The molecular weight excluding hydrogens is 174 g/mol. The topological polar surface area (TPSA) is 21.3 Å². The van der Waals surface area contributed by atoms with Crippen molar-refractivity contribution in [3.63, 3.8) is 0 Å². The van der Waals surface area contributed by atoms with Gasteiger partial charge in [-0.3, -0.25) is 0 Å². The van der Waals surface area contributed by atoms with Gasteiger partial charge >= 0.3 is 0 Å². The number of methoxy groups -OCH3 is 1. The molecule has 0 aliphatic heterocycles. The molecule has 66 valence electrons. The van der Waals surface area contributed by atoms with E-state index in [-0.39, 0.29) is 5.50 Å². The molecule has 0 saturated heterocycles. The van der Waals surface area contributed by atoms with E-state index in [0.29, 0.717) is 0 Å². The molecule has 0 fully saturated rings. The van der Waals surface area contributed by atoms with E-state index in [4.69, 9.17) is 16.3 Å². The first kappa shape index (κ1) is 9.20. The Balaban J connectivity index is 2.72. The second kappa shape index (κ2) is 4.21. The molecule has 1 atom stereocenters. The van der Waals surface area contributed by atoms with Gasteiger partial charge in [0, 0.05) is 11.8 Å². The predicted molar refractivity (Wildman–Crippen MR) is 51.9 cm³/mol. The maximum absolute atomic E-state index is 5.76. The van der Waals surface area contributed by atoms with Crippen LogP contribution < -0.4 is 10.1 Å². The molecule has 0 aromatic heterocycles. The van der Waals surface area contributed by atoms with Gasteiger partial charge < -0.3 is 10.1 Å². The van der Waals surface area contributed by atoms with Gasteiger partial charge in [0.2, 0.25) is 0 Å². The van der Waals surface area contributed by atoms with Crippen molar-refractivity contribution < 1.29 is 4.74 Å². The summed E-state index contributed by atoms with van der Waals surface area (Å²) < 4.78 is 5.05. The number of ether oxygens (including phenoxy) is 1. The van der Waals surface area contributed by atoms with Crippen molar-refractivity contribution in [1.29, 1.82) is 0 Å². The van der Waals surface area contributed by atoms with E-state index in [1.807, 2.05) is 31.2 Å². The summed E-state index contributed by atoms with van der Waals surface area (Å²) in [6.45, 7) is 1.88. The number of alkyl halides is 1. The molecule has 1 unspecified atom stereocenters. The van der Waals surface area contributed by atoms with Crippen molar-refractivity contribution in [3.05, 3.63) is 24.3 Å². The molecule has 0 spiro atoms. The van der Waals surface area contributed by atoms with Gasteiger partial charge in [-0.15, -0.1) is 0 Å². The van der Waals surface area contributed by atoms with Crippen LogP contribution in [0.5, 0.6) is 5.75 Å². The van der Waals surface area contributed by atoms with Crippen molar-refractivity contribution in [3.8, 4) is 5.75 Å². The normalized spacial score (nSPS) is 12.2. The summed E-state index contributed by atoms with van der Waals surface area (Å²) in [7, 11) is 1.64. The highest BCUT2D eigenvalue weighted by Gasteiger charge is 1.97. The first-order chi connectivity index (χ1) is 5.72. The number of nitrogens with one attached hydrogen (secondary N) is 1. The average molecular weight is 186 g/mol. The summed E-state index contributed by atoms with van der Waals surface area (Å²) in [5, 5.41) is 3.06. The van der Waals surface area contributed by atoms with Crippen LogP contribution in [0.15, 0.2) is 24.3 Å². The largest absolute Gasteiger partial charge is 0.497 e. The van der Waals surface area contributed by atoms with Crippen LogP contribution in [0, 0.1) is 0 Å². The molecular formula is C9H12ClNO. The summed E-state index contributed by atoms with van der Waals surface area (Å²) in [5.41, 5.74) is 0.897. The number of halogens is 1. The highest BCUT2D eigenvalue weighted by Crippen LogP contribution is 2.17. The molecule has 0 aliphatic rings. The summed E-state index contributed by atoms with van der Waals surface area (Å²) >= 11 is 5.76. The van der Waals surface area contributed by atoms with E-state index in [1.54, 1.807) is 7.11 Å². The molecule has 0 amide bonds. The van der Waals surface area contributed by atoms with Gasteiger partial charge in [-0.25, -0.2) is 0 Å². The Hall–Kier alpha value is -0.890. The minimum atomic E-state index is -0.0721. The highest BCUT2D eigenvalue weighted by atomic mass is 35.5. The molecule has 0 bridgehead atoms. The van der Waals surface area contributed by atoms with Crippen molar-refractivity contribution >= 4 is 17.3 Å². The van der Waals surface area contributed by atoms with E-state index < -0.39 is 0 Å². The maximum atomic E-state index is 5.76. The second-order valence-corrected chi connectivity index (χ2v) is 3.15. The van der Waals surface area contributed by atoms with Crippen molar-refractivity contribution in [1.82, 2.24) is 0 Å². The fourth-order valence-electron chi connectivity index (χ4n) is 0.943. The average Bonchev–Trinajstić information content (AvgIpc) is 2.03. The molecule has 0 heterocycles. The van der Waals surface area contributed by atoms with Crippen molar-refractivity contribution in [2.24, 2.45) is 0 Å². The molecule has 1 aromatic rings. The Morgan fingerprint density at radius 1 is 1.50 bits per heavy atom. The first-order valence-electron chi connectivity index (χ1n) is 3.77. The van der Waals surface area contributed by atoms with E-state index in [9.17, 15) is 0 Å². The zero-order valence-electron chi connectivity index (χ0n) is 7.17. The highest BCUT2D eigenvalue weighted by molar-refractivity contribution is 6.21. The minimum absolute atomic E-state index is 0.0721. The van der Waals surface area contributed by atoms with Crippen molar-refractivity contribution in [2.75, 3.05) is 12.4 Å². The maximum Gasteiger partial charge on any atom is 0.120 e. The molecule has 3 heteroatoms. The number of hydrogen-bond acceptors (Lipinski definition) is 2. The fraction of sp³-hybridized carbons (Fsp3) is 0.333. The molecule has 0 radical (unpaired) electrons. The zero-order chi connectivity index (χ0) is 8.97. The van der Waals surface area contributed by atoms with Crippen LogP contribution in [-0.4, -0.2) is 12.6 Å². The van der Waals surface area contributed by atoms with Gasteiger partial charge in [0.1, 0.15) is 5.75 Å². The lowest BCUT2D eigenvalue weighted by atomic mass is 10.3. The van der Waals surface area contributed by atoms with Crippen LogP contribution in [0.1, 0.15) is 6.92 Å². The summed E-state index contributed by atoms with van der Waals surface area (Å²) in [4.78, 5) is 0. The van der Waals surface area contributed by atoms with E-state index >= 15 is 0 Å². The second-order valence-electron chi connectivity index (χ2n) is 2.49. The molecule has 0 aliphatic carbocycles. The Labute approximate surface area is 77.5 Å². The molecule has 1 N–H and O–H groups in total. The molecule has 1 aromatic carbocycles. The number of rotatable bonds is 3. The third-order valence-electron chi connectivity index (χ3n) is 1.44. The standard InChI is InChI=1S/C9H12ClNO/c1-7(10)11-8-4-3-5-9(6-8)12-2/h3-7,11H,1-2H3. The van der Waals surface area contributed by atoms with Crippen LogP contribution in [-0.2, 0) is 0 Å². The molecule has 0 saturated carbocycles. The third kappa shape index (κ3) is 2.62. The van der Waals surface area contributed by atoms with Crippen LogP contribution in [0.4, 0.5) is 5.69 Å². The van der Waals surface area contributed by atoms with Crippen LogP contribution >= 0.6 is 11.6 Å². The van der Waals surface area contributed by atoms with E-state index in [1.165, 1.54) is 0 Å². The lowest BCUT2D eigenvalue weighted by Gasteiger charge is -2.08. The summed E-state index contributed by atoms with van der Waals surface area (Å²) in [5.74, 6) is 0.831. The molecule has 2 nitrogen and oxygen atoms in total. The first-order valence-corrected chi connectivity index (χ1v) is 4.20. The van der Waals surface area contributed by atoms with Gasteiger partial charge in [0.05, 0.1) is 12.6 Å². The Bertz CT molecular complexity index is 250. The Kier molecular flexibility index (Phi) is 3.23. The van der Waals surface area contributed by atoms with E-state index in [2.05, 4.69) is 5.32 Å². The Morgan fingerprint density at radius 3 is 2.83 bits per heavy atom. The SMILES string of the molecule is COc1cccc(NC(C)Cl)c1. The summed E-state index contributed by atoms with van der Waals surface area (Å²) in [6, 6.07) is 7.66. The number of hydrogen-bond donors (Lipinski definition) is 1. The lowest BCUT2D eigenvalue weighted by molar-refractivity contribution is 0.415.